The van der Waals surface area contributed by atoms with Crippen molar-refractivity contribution in [3.63, 3.8) is 0 Å². The Labute approximate surface area is 118 Å². The van der Waals surface area contributed by atoms with E-state index in [2.05, 4.69) is 11.8 Å². The number of carbonyl (C=O) groups is 1. The molecule has 98 valence electrons. The molecule has 2 nitrogen and oxygen atoms in total. The van der Waals surface area contributed by atoms with Crippen molar-refractivity contribution in [2.24, 2.45) is 0 Å². The van der Waals surface area contributed by atoms with E-state index in [0.717, 1.165) is 13.0 Å². The summed E-state index contributed by atoms with van der Waals surface area (Å²) in [5.74, 6) is 0.119. The lowest BCUT2D eigenvalue weighted by atomic mass is 10.1. The van der Waals surface area contributed by atoms with Crippen molar-refractivity contribution in [2.75, 3.05) is 13.1 Å². The highest BCUT2D eigenvalue weighted by Crippen LogP contribution is 2.24. The number of benzene rings is 1. The summed E-state index contributed by atoms with van der Waals surface area (Å²) in [6, 6.07) is 5.63. The molecule has 1 fully saturated rings. The molecule has 0 saturated carbocycles. The minimum absolute atomic E-state index is 0.119. The number of halogens is 2. The highest BCUT2D eigenvalue weighted by molar-refractivity contribution is 6.42. The quantitative estimate of drug-likeness (QED) is 0.778. The van der Waals surface area contributed by atoms with E-state index in [0.29, 0.717) is 28.2 Å². The fourth-order valence-corrected chi connectivity index (χ4v) is 2.81. The molecule has 0 aromatic heterocycles. The molecule has 1 aliphatic heterocycles. The van der Waals surface area contributed by atoms with Crippen LogP contribution in [0.2, 0.25) is 10.0 Å². The van der Waals surface area contributed by atoms with Crippen LogP contribution in [0.1, 0.15) is 36.5 Å². The van der Waals surface area contributed by atoms with E-state index in [1.807, 2.05) is 0 Å². The van der Waals surface area contributed by atoms with Crippen molar-refractivity contribution in [3.8, 4) is 0 Å². The van der Waals surface area contributed by atoms with E-state index in [4.69, 9.17) is 23.2 Å². The summed E-state index contributed by atoms with van der Waals surface area (Å²) >= 11 is 11.8. The number of hydrogen-bond acceptors (Lipinski definition) is 2. The van der Waals surface area contributed by atoms with Crippen LogP contribution in [0.25, 0.3) is 0 Å². The van der Waals surface area contributed by atoms with Gasteiger partial charge in [0.1, 0.15) is 0 Å². The van der Waals surface area contributed by atoms with E-state index in [1.54, 1.807) is 18.2 Å². The second-order valence-corrected chi connectivity index (χ2v) is 5.54. The Bertz CT molecular complexity index is 447. The van der Waals surface area contributed by atoms with Gasteiger partial charge in [-0.1, -0.05) is 30.1 Å². The standard InChI is InChI=1S/C14H17Cl2NO/c1-2-11-4-3-7-17(11)9-14(18)10-5-6-12(15)13(16)8-10/h5-6,8,11H,2-4,7,9H2,1H3. The predicted octanol–water partition coefficient (Wildman–Crippen LogP) is 4.05. The van der Waals surface area contributed by atoms with Gasteiger partial charge in [0.05, 0.1) is 16.6 Å². The van der Waals surface area contributed by atoms with Gasteiger partial charge in [-0.05, 0) is 44.0 Å². The first-order valence-corrected chi connectivity index (χ1v) is 7.09. The van der Waals surface area contributed by atoms with E-state index in [-0.39, 0.29) is 5.78 Å². The molecule has 2 rings (SSSR count). The molecule has 1 heterocycles. The zero-order chi connectivity index (χ0) is 13.1. The van der Waals surface area contributed by atoms with Gasteiger partial charge in [0.25, 0.3) is 0 Å². The molecule has 0 bridgehead atoms. The molecule has 0 N–H and O–H groups in total. The fraction of sp³-hybridized carbons (Fsp3) is 0.500. The second-order valence-electron chi connectivity index (χ2n) is 4.73. The lowest BCUT2D eigenvalue weighted by molar-refractivity contribution is 0.0920. The van der Waals surface area contributed by atoms with Crippen LogP contribution in [0.15, 0.2) is 18.2 Å². The van der Waals surface area contributed by atoms with Crippen molar-refractivity contribution < 1.29 is 4.79 Å². The minimum atomic E-state index is 0.119. The Morgan fingerprint density at radius 1 is 1.39 bits per heavy atom. The van der Waals surface area contributed by atoms with Crippen LogP contribution in [0, 0.1) is 0 Å². The molecule has 18 heavy (non-hydrogen) atoms. The van der Waals surface area contributed by atoms with Gasteiger partial charge in [0, 0.05) is 11.6 Å². The van der Waals surface area contributed by atoms with Crippen LogP contribution in [0.5, 0.6) is 0 Å². The summed E-state index contributed by atoms with van der Waals surface area (Å²) in [5.41, 5.74) is 0.645. The van der Waals surface area contributed by atoms with E-state index >= 15 is 0 Å². The maximum absolute atomic E-state index is 12.2. The molecule has 0 spiro atoms. The van der Waals surface area contributed by atoms with Gasteiger partial charge in [-0.25, -0.2) is 0 Å². The molecule has 0 amide bonds. The molecule has 4 heteroatoms. The van der Waals surface area contributed by atoms with Crippen LogP contribution >= 0.6 is 23.2 Å². The first-order valence-electron chi connectivity index (χ1n) is 6.34. The maximum atomic E-state index is 12.2. The molecular formula is C14H17Cl2NO. The molecule has 1 aromatic rings. The first-order chi connectivity index (χ1) is 8.61. The number of hydrogen-bond donors (Lipinski definition) is 0. The Hall–Kier alpha value is -0.570. The van der Waals surface area contributed by atoms with Gasteiger partial charge >= 0.3 is 0 Å². The molecule has 1 atom stereocenters. The molecule has 0 aliphatic carbocycles. The topological polar surface area (TPSA) is 20.3 Å². The molecule has 1 aromatic carbocycles. The summed E-state index contributed by atoms with van der Waals surface area (Å²) in [4.78, 5) is 14.5. The number of ketones is 1. The Balaban J connectivity index is 2.05. The average molecular weight is 286 g/mol. The fourth-order valence-electron chi connectivity index (χ4n) is 2.51. The molecule has 1 aliphatic rings. The maximum Gasteiger partial charge on any atom is 0.176 e. The van der Waals surface area contributed by atoms with Crippen LogP contribution in [0.4, 0.5) is 0 Å². The van der Waals surface area contributed by atoms with Gasteiger partial charge in [0.15, 0.2) is 5.78 Å². The SMILES string of the molecule is CCC1CCCN1CC(=O)c1ccc(Cl)c(Cl)c1. The largest absolute Gasteiger partial charge is 0.293 e. The predicted molar refractivity (Wildman–Crippen MR) is 75.7 cm³/mol. The highest BCUT2D eigenvalue weighted by atomic mass is 35.5. The van der Waals surface area contributed by atoms with Gasteiger partial charge in [-0.2, -0.15) is 0 Å². The second kappa shape index (κ2) is 6.05. The third-order valence-electron chi connectivity index (χ3n) is 3.56. The van der Waals surface area contributed by atoms with Crippen molar-refractivity contribution in [1.82, 2.24) is 4.90 Å². The Morgan fingerprint density at radius 3 is 2.83 bits per heavy atom. The molecular weight excluding hydrogens is 269 g/mol. The van der Waals surface area contributed by atoms with Crippen LogP contribution in [-0.2, 0) is 0 Å². The summed E-state index contributed by atoms with van der Waals surface area (Å²) in [6.07, 6.45) is 3.49. The average Bonchev–Trinajstić information content (AvgIpc) is 2.79. The van der Waals surface area contributed by atoms with Gasteiger partial charge < -0.3 is 0 Å². The van der Waals surface area contributed by atoms with E-state index in [1.165, 1.54) is 12.8 Å². The number of rotatable bonds is 4. The lowest BCUT2D eigenvalue weighted by Gasteiger charge is -2.22. The number of likely N-dealkylation sites (tertiary alicyclic amines) is 1. The zero-order valence-electron chi connectivity index (χ0n) is 10.5. The van der Waals surface area contributed by atoms with Crippen LogP contribution < -0.4 is 0 Å². The van der Waals surface area contributed by atoms with E-state index < -0.39 is 0 Å². The minimum Gasteiger partial charge on any atom is -0.293 e. The van der Waals surface area contributed by atoms with Crippen molar-refractivity contribution >= 4 is 29.0 Å². The van der Waals surface area contributed by atoms with Gasteiger partial charge in [-0.15, -0.1) is 0 Å². The highest BCUT2D eigenvalue weighted by Gasteiger charge is 2.25. The third kappa shape index (κ3) is 3.05. The van der Waals surface area contributed by atoms with Crippen LogP contribution in [-0.4, -0.2) is 29.8 Å². The van der Waals surface area contributed by atoms with Gasteiger partial charge in [0.2, 0.25) is 0 Å². The van der Waals surface area contributed by atoms with Crippen molar-refractivity contribution in [3.05, 3.63) is 33.8 Å². The summed E-state index contributed by atoms with van der Waals surface area (Å²) in [7, 11) is 0. The lowest BCUT2D eigenvalue weighted by Crippen LogP contribution is -2.33. The number of carbonyl (C=O) groups excluding carboxylic acids is 1. The molecule has 1 saturated heterocycles. The van der Waals surface area contributed by atoms with Crippen molar-refractivity contribution in [2.45, 2.75) is 32.2 Å². The van der Waals surface area contributed by atoms with Crippen molar-refractivity contribution in [1.29, 1.82) is 0 Å². The number of Topliss-reactive ketones (excluding diaryl/α,β-unsaturated/α-hetero) is 1. The summed E-state index contributed by atoms with van der Waals surface area (Å²) in [6.45, 7) is 3.68. The third-order valence-corrected chi connectivity index (χ3v) is 4.30. The van der Waals surface area contributed by atoms with Gasteiger partial charge in [-0.3, -0.25) is 9.69 Å². The number of nitrogens with zero attached hydrogens (tertiary/aromatic N) is 1. The Kier molecular flexibility index (Phi) is 4.66. The first kappa shape index (κ1) is 13.9. The Morgan fingerprint density at radius 2 is 2.17 bits per heavy atom. The van der Waals surface area contributed by atoms with E-state index in [9.17, 15) is 4.79 Å². The summed E-state index contributed by atoms with van der Waals surface area (Å²) in [5, 5.41) is 0.928. The smallest absolute Gasteiger partial charge is 0.176 e. The summed E-state index contributed by atoms with van der Waals surface area (Å²) < 4.78 is 0. The zero-order valence-corrected chi connectivity index (χ0v) is 12.0. The normalized spacial score (nSPS) is 20.3. The molecule has 1 unspecified atom stereocenters. The molecule has 0 radical (unpaired) electrons. The van der Waals surface area contributed by atoms with Crippen LogP contribution in [0.3, 0.4) is 0 Å². The monoisotopic (exact) mass is 285 g/mol.